The highest BCUT2D eigenvalue weighted by Gasteiger charge is 2.28. The van der Waals surface area contributed by atoms with E-state index >= 15 is 0 Å². The van der Waals surface area contributed by atoms with Crippen molar-refractivity contribution in [1.29, 1.82) is 0 Å². The first kappa shape index (κ1) is 25.1. The highest BCUT2D eigenvalue weighted by molar-refractivity contribution is 6.35. The minimum atomic E-state index is -0.680. The van der Waals surface area contributed by atoms with Crippen LogP contribution in [-0.2, 0) is 16.1 Å². The third-order valence-electron chi connectivity index (χ3n) is 6.31. The second kappa shape index (κ2) is 12.1. The SMILES string of the molecule is COc1ccc(N2CCN([C@H](CNC(=O)C(=O)NCc3cccc(OC)c3)c3ccco3)CC2)cc1. The Labute approximate surface area is 211 Å². The summed E-state index contributed by atoms with van der Waals surface area (Å²) in [4.78, 5) is 29.5. The standard InChI is InChI=1S/C27H32N4O5/c1-34-22-10-8-21(9-11-22)30-12-14-31(15-13-30)24(25-7-4-16-36-25)19-29-27(33)26(32)28-18-20-5-3-6-23(17-20)35-2/h3-11,16-17,24H,12-15,18-19H2,1-2H3,(H,28,32)(H,29,33)/t24-/m1/s1. The molecule has 1 saturated heterocycles. The van der Waals surface area contributed by atoms with Crippen molar-refractivity contribution < 1.29 is 23.5 Å². The van der Waals surface area contributed by atoms with Crippen LogP contribution in [0, 0.1) is 0 Å². The van der Waals surface area contributed by atoms with Gasteiger partial charge >= 0.3 is 11.8 Å². The van der Waals surface area contributed by atoms with Crippen LogP contribution in [0.4, 0.5) is 5.69 Å². The number of anilines is 1. The predicted octanol–water partition coefficient (Wildman–Crippen LogP) is 2.59. The number of piperazine rings is 1. The lowest BCUT2D eigenvalue weighted by Crippen LogP contribution is -2.50. The van der Waals surface area contributed by atoms with Gasteiger partial charge in [-0.05, 0) is 54.1 Å². The lowest BCUT2D eigenvalue weighted by Gasteiger charge is -2.39. The van der Waals surface area contributed by atoms with Crippen LogP contribution in [0.2, 0.25) is 0 Å². The molecule has 36 heavy (non-hydrogen) atoms. The molecule has 4 rings (SSSR count). The molecule has 0 aliphatic carbocycles. The van der Waals surface area contributed by atoms with Crippen LogP contribution < -0.4 is 25.0 Å². The zero-order chi connectivity index (χ0) is 25.3. The lowest BCUT2D eigenvalue weighted by atomic mass is 10.1. The Morgan fingerprint density at radius 1 is 0.889 bits per heavy atom. The molecule has 2 heterocycles. The Morgan fingerprint density at radius 3 is 2.28 bits per heavy atom. The molecule has 0 spiro atoms. The minimum absolute atomic E-state index is 0.173. The number of hydrogen-bond donors (Lipinski definition) is 2. The van der Waals surface area contributed by atoms with Crippen LogP contribution in [0.5, 0.6) is 11.5 Å². The number of hydrogen-bond acceptors (Lipinski definition) is 7. The fourth-order valence-corrected chi connectivity index (χ4v) is 4.29. The maximum Gasteiger partial charge on any atom is 0.309 e. The van der Waals surface area contributed by atoms with Crippen LogP contribution in [0.15, 0.2) is 71.3 Å². The molecule has 1 aliphatic heterocycles. The number of ether oxygens (including phenoxy) is 2. The molecule has 3 aromatic rings. The van der Waals surface area contributed by atoms with Gasteiger partial charge in [-0.15, -0.1) is 0 Å². The predicted molar refractivity (Wildman–Crippen MR) is 136 cm³/mol. The normalized spacial score (nSPS) is 14.7. The summed E-state index contributed by atoms with van der Waals surface area (Å²) in [7, 11) is 3.24. The number of nitrogens with one attached hydrogen (secondary N) is 2. The zero-order valence-electron chi connectivity index (χ0n) is 20.6. The summed E-state index contributed by atoms with van der Waals surface area (Å²) < 4.78 is 16.1. The monoisotopic (exact) mass is 492 g/mol. The van der Waals surface area contributed by atoms with Gasteiger partial charge in [0.25, 0.3) is 0 Å². The van der Waals surface area contributed by atoms with E-state index in [1.807, 2.05) is 48.5 Å². The van der Waals surface area contributed by atoms with Gasteiger partial charge in [0.1, 0.15) is 17.3 Å². The molecule has 9 nitrogen and oxygen atoms in total. The number of methoxy groups -OCH3 is 2. The Bertz CT molecular complexity index is 1130. The van der Waals surface area contributed by atoms with Crippen molar-refractivity contribution in [2.24, 2.45) is 0 Å². The third kappa shape index (κ3) is 6.37. The molecule has 2 aromatic carbocycles. The van der Waals surface area contributed by atoms with Crippen molar-refractivity contribution in [3.05, 3.63) is 78.3 Å². The Balaban J connectivity index is 1.31. The average Bonchev–Trinajstić information content (AvgIpc) is 3.47. The highest BCUT2D eigenvalue weighted by Crippen LogP contribution is 2.25. The zero-order valence-corrected chi connectivity index (χ0v) is 20.6. The summed E-state index contributed by atoms with van der Waals surface area (Å²) in [6.45, 7) is 3.74. The molecule has 0 saturated carbocycles. The summed E-state index contributed by atoms with van der Waals surface area (Å²) in [6.07, 6.45) is 1.62. The second-order valence-corrected chi connectivity index (χ2v) is 8.50. The van der Waals surface area contributed by atoms with Gasteiger partial charge in [-0.1, -0.05) is 12.1 Å². The van der Waals surface area contributed by atoms with E-state index in [4.69, 9.17) is 13.9 Å². The fourth-order valence-electron chi connectivity index (χ4n) is 4.29. The lowest BCUT2D eigenvalue weighted by molar-refractivity contribution is -0.139. The van der Waals surface area contributed by atoms with Crippen molar-refractivity contribution in [3.8, 4) is 11.5 Å². The summed E-state index contributed by atoms with van der Waals surface area (Å²) in [5, 5.41) is 5.44. The Kier molecular flexibility index (Phi) is 8.46. The first-order valence-corrected chi connectivity index (χ1v) is 11.9. The Hall–Kier alpha value is -3.98. The Morgan fingerprint density at radius 2 is 1.61 bits per heavy atom. The van der Waals surface area contributed by atoms with Gasteiger partial charge in [-0.3, -0.25) is 14.5 Å². The van der Waals surface area contributed by atoms with Gasteiger partial charge in [0, 0.05) is 45.0 Å². The minimum Gasteiger partial charge on any atom is -0.497 e. The van der Waals surface area contributed by atoms with Crippen molar-refractivity contribution in [1.82, 2.24) is 15.5 Å². The summed E-state index contributed by atoms with van der Waals surface area (Å²) >= 11 is 0. The van der Waals surface area contributed by atoms with Crippen LogP contribution >= 0.6 is 0 Å². The smallest absolute Gasteiger partial charge is 0.309 e. The maximum absolute atomic E-state index is 12.5. The van der Waals surface area contributed by atoms with E-state index in [9.17, 15) is 9.59 Å². The highest BCUT2D eigenvalue weighted by atomic mass is 16.5. The number of rotatable bonds is 9. The van der Waals surface area contributed by atoms with E-state index < -0.39 is 11.8 Å². The molecular weight excluding hydrogens is 460 g/mol. The van der Waals surface area contributed by atoms with Crippen molar-refractivity contribution >= 4 is 17.5 Å². The maximum atomic E-state index is 12.5. The molecule has 9 heteroatoms. The van der Waals surface area contributed by atoms with Gasteiger partial charge in [0.05, 0.1) is 26.5 Å². The molecule has 0 unspecified atom stereocenters. The molecule has 1 aliphatic rings. The molecule has 190 valence electrons. The van der Waals surface area contributed by atoms with Crippen molar-refractivity contribution in [3.63, 3.8) is 0 Å². The molecule has 1 atom stereocenters. The number of carbonyl (C=O) groups excluding carboxylic acids is 2. The number of nitrogens with zero attached hydrogens (tertiary/aromatic N) is 2. The van der Waals surface area contributed by atoms with E-state index in [0.717, 1.165) is 48.9 Å². The molecular formula is C27H32N4O5. The van der Waals surface area contributed by atoms with Gasteiger partial charge in [0.2, 0.25) is 0 Å². The number of carbonyl (C=O) groups is 2. The fraction of sp³-hybridized carbons (Fsp3) is 0.333. The van der Waals surface area contributed by atoms with Crippen LogP contribution in [-0.4, -0.2) is 63.7 Å². The van der Waals surface area contributed by atoms with Crippen LogP contribution in [0.3, 0.4) is 0 Å². The van der Waals surface area contributed by atoms with Crippen molar-refractivity contribution in [2.75, 3.05) is 51.8 Å². The van der Waals surface area contributed by atoms with E-state index in [1.165, 1.54) is 0 Å². The van der Waals surface area contributed by atoms with Crippen molar-refractivity contribution in [2.45, 2.75) is 12.6 Å². The van der Waals surface area contributed by atoms with Gasteiger partial charge < -0.3 is 29.4 Å². The second-order valence-electron chi connectivity index (χ2n) is 8.50. The van der Waals surface area contributed by atoms with E-state index in [-0.39, 0.29) is 19.1 Å². The van der Waals surface area contributed by atoms with E-state index in [1.54, 1.807) is 20.5 Å². The quantitative estimate of drug-likeness (QED) is 0.443. The molecule has 2 amide bonds. The summed E-state index contributed by atoms with van der Waals surface area (Å²) in [6, 6.07) is 18.9. The first-order chi connectivity index (χ1) is 17.6. The number of amides is 2. The summed E-state index contributed by atoms with van der Waals surface area (Å²) in [5.74, 6) is 0.926. The molecule has 0 radical (unpaired) electrons. The average molecular weight is 493 g/mol. The number of furan rings is 1. The molecule has 0 bridgehead atoms. The summed E-state index contributed by atoms with van der Waals surface area (Å²) in [5.41, 5.74) is 1.99. The molecule has 1 fully saturated rings. The first-order valence-electron chi connectivity index (χ1n) is 11.9. The van der Waals surface area contributed by atoms with Gasteiger partial charge in [-0.2, -0.15) is 0 Å². The van der Waals surface area contributed by atoms with Gasteiger partial charge in [-0.25, -0.2) is 0 Å². The third-order valence-corrected chi connectivity index (χ3v) is 6.31. The van der Waals surface area contributed by atoms with E-state index in [0.29, 0.717) is 5.75 Å². The van der Waals surface area contributed by atoms with Crippen LogP contribution in [0.25, 0.3) is 0 Å². The molecule has 1 aromatic heterocycles. The molecule has 2 N–H and O–H groups in total. The van der Waals surface area contributed by atoms with E-state index in [2.05, 4.69) is 32.6 Å². The number of benzene rings is 2. The van der Waals surface area contributed by atoms with Gasteiger partial charge in [0.15, 0.2) is 0 Å². The van der Waals surface area contributed by atoms with Crippen LogP contribution in [0.1, 0.15) is 17.4 Å². The topological polar surface area (TPSA) is 96.3 Å². The largest absolute Gasteiger partial charge is 0.497 e.